The molecule has 2 aromatic heterocycles. The zero-order valence-corrected chi connectivity index (χ0v) is 8.23. The standard InChI is InChI=1S/C9H13N5O/c10-2-1-3-14-5-8(13-9(14)15)7-4-11-6-12-7/h4-6H,1-3,10H2,(H,11,12)(H,13,15). The summed E-state index contributed by atoms with van der Waals surface area (Å²) in [6.07, 6.45) is 5.80. The van der Waals surface area contributed by atoms with E-state index in [4.69, 9.17) is 5.73 Å². The van der Waals surface area contributed by atoms with Gasteiger partial charge in [-0.25, -0.2) is 9.78 Å². The van der Waals surface area contributed by atoms with Crippen molar-refractivity contribution in [2.75, 3.05) is 6.54 Å². The van der Waals surface area contributed by atoms with E-state index >= 15 is 0 Å². The van der Waals surface area contributed by atoms with Gasteiger partial charge in [-0.1, -0.05) is 0 Å². The molecule has 0 bridgehead atoms. The van der Waals surface area contributed by atoms with Crippen molar-refractivity contribution in [3.8, 4) is 11.4 Å². The van der Waals surface area contributed by atoms with Crippen LogP contribution in [0.15, 0.2) is 23.5 Å². The third-order valence-electron chi connectivity index (χ3n) is 2.18. The summed E-state index contributed by atoms with van der Waals surface area (Å²) in [6, 6.07) is 0. The van der Waals surface area contributed by atoms with Crippen LogP contribution in [0.2, 0.25) is 0 Å². The van der Waals surface area contributed by atoms with Gasteiger partial charge in [0.15, 0.2) is 0 Å². The van der Waals surface area contributed by atoms with Gasteiger partial charge in [-0.2, -0.15) is 0 Å². The molecule has 0 aliphatic rings. The number of rotatable bonds is 4. The van der Waals surface area contributed by atoms with E-state index in [-0.39, 0.29) is 5.69 Å². The summed E-state index contributed by atoms with van der Waals surface area (Å²) in [4.78, 5) is 21.0. The van der Waals surface area contributed by atoms with Gasteiger partial charge in [0.05, 0.1) is 23.9 Å². The van der Waals surface area contributed by atoms with E-state index in [1.165, 1.54) is 0 Å². The van der Waals surface area contributed by atoms with Crippen molar-refractivity contribution in [1.29, 1.82) is 0 Å². The Kier molecular flexibility index (Phi) is 2.68. The molecule has 2 heterocycles. The van der Waals surface area contributed by atoms with Crippen molar-refractivity contribution in [2.45, 2.75) is 13.0 Å². The average Bonchev–Trinajstić information content (AvgIpc) is 2.83. The molecule has 0 unspecified atom stereocenters. The molecule has 2 rings (SSSR count). The lowest BCUT2D eigenvalue weighted by atomic mass is 10.4. The zero-order valence-electron chi connectivity index (χ0n) is 8.23. The number of hydrogen-bond donors (Lipinski definition) is 3. The SMILES string of the molecule is NCCCn1cc(-c2cnc[nH]2)[nH]c1=O. The van der Waals surface area contributed by atoms with Crippen LogP contribution in [0.25, 0.3) is 11.4 Å². The Labute approximate surface area is 86.2 Å². The summed E-state index contributed by atoms with van der Waals surface area (Å²) in [6.45, 7) is 1.22. The molecule has 0 amide bonds. The molecule has 4 N–H and O–H groups in total. The number of aromatic nitrogens is 4. The van der Waals surface area contributed by atoms with Crippen LogP contribution >= 0.6 is 0 Å². The summed E-state index contributed by atoms with van der Waals surface area (Å²) in [5.41, 5.74) is 6.82. The Morgan fingerprint density at radius 1 is 1.47 bits per heavy atom. The Hall–Kier alpha value is -1.82. The van der Waals surface area contributed by atoms with E-state index in [0.29, 0.717) is 13.1 Å². The van der Waals surface area contributed by atoms with Gasteiger partial charge < -0.3 is 15.7 Å². The van der Waals surface area contributed by atoms with E-state index in [1.807, 2.05) is 0 Å². The molecule has 0 aliphatic carbocycles. The highest BCUT2D eigenvalue weighted by molar-refractivity contribution is 5.50. The number of aryl methyl sites for hydroxylation is 1. The van der Waals surface area contributed by atoms with Crippen LogP contribution in [0.3, 0.4) is 0 Å². The molecular formula is C9H13N5O. The third-order valence-corrected chi connectivity index (χ3v) is 2.18. The van der Waals surface area contributed by atoms with Crippen LogP contribution < -0.4 is 11.4 Å². The topological polar surface area (TPSA) is 92.5 Å². The first kappa shape index (κ1) is 9.72. The lowest BCUT2D eigenvalue weighted by molar-refractivity contribution is 0.632. The summed E-state index contributed by atoms with van der Waals surface area (Å²) < 4.78 is 1.61. The molecule has 0 saturated heterocycles. The van der Waals surface area contributed by atoms with Gasteiger partial charge in [0.25, 0.3) is 0 Å². The second-order valence-corrected chi connectivity index (χ2v) is 3.27. The van der Waals surface area contributed by atoms with E-state index in [9.17, 15) is 4.79 Å². The number of imidazole rings is 2. The van der Waals surface area contributed by atoms with Crippen LogP contribution in [0.1, 0.15) is 6.42 Å². The maximum Gasteiger partial charge on any atom is 0.326 e. The van der Waals surface area contributed by atoms with Crippen molar-refractivity contribution in [2.24, 2.45) is 5.73 Å². The highest BCUT2D eigenvalue weighted by atomic mass is 16.1. The minimum absolute atomic E-state index is 0.118. The number of hydrogen-bond acceptors (Lipinski definition) is 3. The van der Waals surface area contributed by atoms with Gasteiger partial charge in [0.2, 0.25) is 0 Å². The summed E-state index contributed by atoms with van der Waals surface area (Å²) >= 11 is 0. The molecule has 80 valence electrons. The minimum Gasteiger partial charge on any atom is -0.343 e. The van der Waals surface area contributed by atoms with E-state index in [0.717, 1.165) is 17.8 Å². The number of nitrogens with zero attached hydrogens (tertiary/aromatic N) is 2. The molecule has 0 aromatic carbocycles. The molecule has 0 fully saturated rings. The number of H-pyrrole nitrogens is 2. The number of aromatic amines is 2. The van der Waals surface area contributed by atoms with Crippen molar-refractivity contribution >= 4 is 0 Å². The maximum atomic E-state index is 11.5. The van der Waals surface area contributed by atoms with Crippen molar-refractivity contribution < 1.29 is 0 Å². The van der Waals surface area contributed by atoms with E-state index in [2.05, 4.69) is 15.0 Å². The van der Waals surface area contributed by atoms with E-state index in [1.54, 1.807) is 23.3 Å². The lowest BCUT2D eigenvalue weighted by Gasteiger charge is -1.96. The third kappa shape index (κ3) is 1.99. The van der Waals surface area contributed by atoms with Gasteiger partial charge >= 0.3 is 5.69 Å². The highest BCUT2D eigenvalue weighted by Crippen LogP contribution is 2.10. The van der Waals surface area contributed by atoms with E-state index < -0.39 is 0 Å². The van der Waals surface area contributed by atoms with Crippen LogP contribution in [-0.4, -0.2) is 26.1 Å². The first-order valence-electron chi connectivity index (χ1n) is 4.79. The molecule has 2 aromatic rings. The molecule has 0 atom stereocenters. The summed E-state index contributed by atoms with van der Waals surface area (Å²) in [7, 11) is 0. The molecular weight excluding hydrogens is 194 g/mol. The number of nitrogens with two attached hydrogens (primary N) is 1. The van der Waals surface area contributed by atoms with Crippen LogP contribution in [0.4, 0.5) is 0 Å². The van der Waals surface area contributed by atoms with Crippen molar-refractivity contribution in [3.05, 3.63) is 29.2 Å². The predicted octanol–water partition coefficient (Wildman–Crippen LogP) is -0.0847. The Morgan fingerprint density at radius 3 is 3.00 bits per heavy atom. The van der Waals surface area contributed by atoms with Gasteiger partial charge in [0, 0.05) is 12.7 Å². The molecule has 0 spiro atoms. The predicted molar refractivity (Wildman–Crippen MR) is 56.3 cm³/mol. The maximum absolute atomic E-state index is 11.5. The largest absolute Gasteiger partial charge is 0.343 e. The van der Waals surface area contributed by atoms with Crippen LogP contribution in [-0.2, 0) is 6.54 Å². The monoisotopic (exact) mass is 207 g/mol. The van der Waals surface area contributed by atoms with Crippen molar-refractivity contribution in [1.82, 2.24) is 19.5 Å². The zero-order chi connectivity index (χ0) is 10.7. The van der Waals surface area contributed by atoms with Gasteiger partial charge in [-0.05, 0) is 13.0 Å². The first-order valence-corrected chi connectivity index (χ1v) is 4.79. The fraction of sp³-hybridized carbons (Fsp3) is 0.333. The molecule has 0 aliphatic heterocycles. The quantitative estimate of drug-likeness (QED) is 0.654. The highest BCUT2D eigenvalue weighted by Gasteiger charge is 2.05. The molecule has 0 saturated carbocycles. The minimum atomic E-state index is -0.118. The fourth-order valence-electron chi connectivity index (χ4n) is 1.40. The lowest BCUT2D eigenvalue weighted by Crippen LogP contribution is -2.17. The molecule has 15 heavy (non-hydrogen) atoms. The second-order valence-electron chi connectivity index (χ2n) is 3.27. The average molecular weight is 207 g/mol. The second kappa shape index (κ2) is 4.14. The number of nitrogens with one attached hydrogen (secondary N) is 2. The molecule has 6 heteroatoms. The van der Waals surface area contributed by atoms with Crippen LogP contribution in [0, 0.1) is 0 Å². The smallest absolute Gasteiger partial charge is 0.326 e. The molecule has 0 radical (unpaired) electrons. The fourth-order valence-corrected chi connectivity index (χ4v) is 1.40. The van der Waals surface area contributed by atoms with Crippen LogP contribution in [0.5, 0.6) is 0 Å². The summed E-state index contributed by atoms with van der Waals surface area (Å²) in [5.74, 6) is 0. The van der Waals surface area contributed by atoms with Gasteiger partial charge in [0.1, 0.15) is 0 Å². The normalized spacial score (nSPS) is 10.7. The molecule has 6 nitrogen and oxygen atoms in total. The first-order chi connectivity index (χ1) is 7.31. The Balaban J connectivity index is 2.25. The summed E-state index contributed by atoms with van der Waals surface area (Å²) in [5, 5.41) is 0. The Morgan fingerprint density at radius 2 is 2.33 bits per heavy atom. The Bertz CT molecular complexity index is 467. The van der Waals surface area contributed by atoms with Gasteiger partial charge in [-0.15, -0.1) is 0 Å². The van der Waals surface area contributed by atoms with Gasteiger partial charge in [-0.3, -0.25) is 4.57 Å². The van der Waals surface area contributed by atoms with Crippen molar-refractivity contribution in [3.63, 3.8) is 0 Å².